The van der Waals surface area contributed by atoms with Crippen molar-refractivity contribution in [3.8, 4) is 0 Å². The molecule has 1 saturated carbocycles. The molecule has 0 aliphatic heterocycles. The molecule has 1 aliphatic carbocycles. The van der Waals surface area contributed by atoms with E-state index >= 15 is 0 Å². The number of anilines is 2. The highest BCUT2D eigenvalue weighted by molar-refractivity contribution is 6.02. The van der Waals surface area contributed by atoms with Gasteiger partial charge in [0, 0.05) is 17.7 Å². The van der Waals surface area contributed by atoms with Gasteiger partial charge in [0.15, 0.2) is 0 Å². The number of benzene rings is 2. The lowest BCUT2D eigenvalue weighted by Crippen LogP contribution is -2.17. The quantitative estimate of drug-likeness (QED) is 0.745. The predicted octanol–water partition coefficient (Wildman–Crippen LogP) is 4.71. The lowest BCUT2D eigenvalue weighted by atomic mass is 10.1. The topological polar surface area (TPSA) is 58.2 Å². The summed E-state index contributed by atoms with van der Waals surface area (Å²) in [6, 6.07) is 12.2. The zero-order valence-electron chi connectivity index (χ0n) is 14.2. The second kappa shape index (κ2) is 7.65. The van der Waals surface area contributed by atoms with Crippen molar-refractivity contribution in [3.63, 3.8) is 0 Å². The first-order valence-electron chi connectivity index (χ1n) is 8.39. The molecule has 0 aromatic heterocycles. The Morgan fingerprint density at radius 2 is 1.70 bits per heavy atom. The fourth-order valence-corrected chi connectivity index (χ4v) is 2.47. The van der Waals surface area contributed by atoms with Gasteiger partial charge in [-0.3, -0.25) is 9.59 Å². The number of nitrogens with one attached hydrogen (secondary N) is 2. The van der Waals surface area contributed by atoms with E-state index in [1.54, 1.807) is 24.3 Å². The van der Waals surface area contributed by atoms with Crippen LogP contribution < -0.4 is 10.6 Å². The zero-order chi connectivity index (χ0) is 19.4. The van der Waals surface area contributed by atoms with Crippen LogP contribution in [-0.4, -0.2) is 11.8 Å². The van der Waals surface area contributed by atoms with Crippen molar-refractivity contribution >= 4 is 29.3 Å². The van der Waals surface area contributed by atoms with Crippen LogP contribution in [0.5, 0.6) is 0 Å². The molecule has 0 bridgehead atoms. The molecule has 1 fully saturated rings. The van der Waals surface area contributed by atoms with Crippen molar-refractivity contribution < 1.29 is 22.8 Å². The fraction of sp³-hybridized carbons (Fsp3) is 0.200. The summed E-state index contributed by atoms with van der Waals surface area (Å²) in [5.41, 5.74) is -0.578. The maximum atomic E-state index is 13.4. The fourth-order valence-electron chi connectivity index (χ4n) is 2.47. The molecule has 3 rings (SSSR count). The summed E-state index contributed by atoms with van der Waals surface area (Å²) in [6.07, 6.45) is -0.503. The van der Waals surface area contributed by atoms with Gasteiger partial charge < -0.3 is 10.6 Å². The van der Waals surface area contributed by atoms with Gasteiger partial charge in [-0.1, -0.05) is 30.3 Å². The van der Waals surface area contributed by atoms with Crippen LogP contribution in [0.25, 0.3) is 6.08 Å². The molecule has 2 aromatic carbocycles. The number of carbonyl (C=O) groups is 2. The van der Waals surface area contributed by atoms with Crippen molar-refractivity contribution in [2.24, 2.45) is 5.92 Å². The smallest absolute Gasteiger partial charge is 0.326 e. The van der Waals surface area contributed by atoms with Crippen LogP contribution in [0.15, 0.2) is 54.6 Å². The minimum atomic E-state index is -4.67. The minimum absolute atomic E-state index is 0.0528. The van der Waals surface area contributed by atoms with Crippen LogP contribution in [0.4, 0.5) is 24.5 Å². The molecule has 0 radical (unpaired) electrons. The lowest BCUT2D eigenvalue weighted by molar-refractivity contribution is -0.137. The Morgan fingerprint density at radius 1 is 1.00 bits per heavy atom. The van der Waals surface area contributed by atoms with E-state index < -0.39 is 17.6 Å². The van der Waals surface area contributed by atoms with Gasteiger partial charge in [-0.2, -0.15) is 13.2 Å². The Hall–Kier alpha value is -3.09. The molecule has 2 amide bonds. The summed E-state index contributed by atoms with van der Waals surface area (Å²) in [5, 5.41) is 4.72. The monoisotopic (exact) mass is 374 g/mol. The van der Waals surface area contributed by atoms with E-state index in [1.807, 2.05) is 6.07 Å². The molecule has 0 atom stereocenters. The summed E-state index contributed by atoms with van der Waals surface area (Å²) in [4.78, 5) is 23.7. The highest BCUT2D eigenvalue weighted by atomic mass is 19.4. The Kier molecular flexibility index (Phi) is 5.30. The first-order valence-corrected chi connectivity index (χ1v) is 8.39. The van der Waals surface area contributed by atoms with Crippen LogP contribution in [0.3, 0.4) is 0 Å². The standard InChI is InChI=1S/C20H17F3N2O2/c21-20(22,23)16-12-15(24-19(27)14-7-8-14)9-10-17(16)25-18(26)11-6-13-4-2-1-3-5-13/h1-6,9-12,14H,7-8H2,(H,24,27)(H,25,26)/b11-6+. The normalized spacial score (nSPS) is 14.2. The Labute approximate surface area is 154 Å². The summed E-state index contributed by atoms with van der Waals surface area (Å²) in [6.45, 7) is 0. The van der Waals surface area contributed by atoms with E-state index in [-0.39, 0.29) is 23.2 Å². The molecule has 0 saturated heterocycles. The molecule has 140 valence electrons. The predicted molar refractivity (Wildman–Crippen MR) is 96.9 cm³/mol. The molecule has 27 heavy (non-hydrogen) atoms. The largest absolute Gasteiger partial charge is 0.418 e. The Morgan fingerprint density at radius 3 is 2.33 bits per heavy atom. The number of alkyl halides is 3. The highest BCUT2D eigenvalue weighted by Crippen LogP contribution is 2.37. The van der Waals surface area contributed by atoms with Crippen LogP contribution in [0.1, 0.15) is 24.0 Å². The molecule has 4 nitrogen and oxygen atoms in total. The van der Waals surface area contributed by atoms with Crippen molar-refractivity contribution in [3.05, 3.63) is 65.7 Å². The van der Waals surface area contributed by atoms with E-state index in [1.165, 1.54) is 12.1 Å². The number of halogens is 3. The van der Waals surface area contributed by atoms with Gasteiger partial charge in [0.1, 0.15) is 0 Å². The third kappa shape index (κ3) is 5.20. The third-order valence-electron chi connectivity index (χ3n) is 4.03. The third-order valence-corrected chi connectivity index (χ3v) is 4.03. The maximum absolute atomic E-state index is 13.4. The first kappa shape index (κ1) is 18.7. The second-order valence-corrected chi connectivity index (χ2v) is 6.25. The van der Waals surface area contributed by atoms with E-state index in [2.05, 4.69) is 10.6 Å². The van der Waals surface area contributed by atoms with Crippen molar-refractivity contribution in [1.29, 1.82) is 0 Å². The molecule has 0 unspecified atom stereocenters. The Balaban J connectivity index is 1.76. The van der Waals surface area contributed by atoms with Gasteiger partial charge in [-0.15, -0.1) is 0 Å². The highest BCUT2D eigenvalue weighted by Gasteiger charge is 2.35. The van der Waals surface area contributed by atoms with E-state index in [9.17, 15) is 22.8 Å². The summed E-state index contributed by atoms with van der Waals surface area (Å²) in [5.74, 6) is -1.09. The second-order valence-electron chi connectivity index (χ2n) is 6.25. The maximum Gasteiger partial charge on any atom is 0.418 e. The van der Waals surface area contributed by atoms with Gasteiger partial charge in [0.2, 0.25) is 11.8 Å². The molecular weight excluding hydrogens is 357 g/mol. The Bertz CT molecular complexity index is 873. The van der Waals surface area contributed by atoms with Crippen molar-refractivity contribution in [2.75, 3.05) is 10.6 Å². The molecular formula is C20H17F3N2O2. The zero-order valence-corrected chi connectivity index (χ0v) is 14.2. The van der Waals surface area contributed by atoms with Gasteiger partial charge in [-0.05, 0) is 42.7 Å². The van der Waals surface area contributed by atoms with Gasteiger partial charge in [-0.25, -0.2) is 0 Å². The molecule has 2 aromatic rings. The van der Waals surface area contributed by atoms with E-state index in [0.29, 0.717) is 0 Å². The molecule has 0 heterocycles. The average Bonchev–Trinajstić information content (AvgIpc) is 3.46. The van der Waals surface area contributed by atoms with Crippen LogP contribution >= 0.6 is 0 Å². The summed E-state index contributed by atoms with van der Waals surface area (Å²) in [7, 11) is 0. The van der Waals surface area contributed by atoms with Gasteiger partial charge in [0.05, 0.1) is 11.3 Å². The van der Waals surface area contributed by atoms with Crippen LogP contribution in [-0.2, 0) is 15.8 Å². The summed E-state index contributed by atoms with van der Waals surface area (Å²) >= 11 is 0. The van der Waals surface area contributed by atoms with E-state index in [4.69, 9.17) is 0 Å². The minimum Gasteiger partial charge on any atom is -0.326 e. The van der Waals surface area contributed by atoms with Crippen LogP contribution in [0.2, 0.25) is 0 Å². The first-order chi connectivity index (χ1) is 12.8. The number of hydrogen-bond donors (Lipinski definition) is 2. The molecule has 2 N–H and O–H groups in total. The average molecular weight is 374 g/mol. The molecule has 0 spiro atoms. The SMILES string of the molecule is O=C(/C=C/c1ccccc1)Nc1ccc(NC(=O)C2CC2)cc1C(F)(F)F. The summed E-state index contributed by atoms with van der Waals surface area (Å²) < 4.78 is 40.1. The van der Waals surface area contributed by atoms with Crippen molar-refractivity contribution in [2.45, 2.75) is 19.0 Å². The number of carbonyl (C=O) groups excluding carboxylic acids is 2. The molecule has 1 aliphatic rings. The molecule has 7 heteroatoms. The number of rotatable bonds is 5. The van der Waals surface area contributed by atoms with Gasteiger partial charge >= 0.3 is 6.18 Å². The van der Waals surface area contributed by atoms with Crippen LogP contribution in [0, 0.1) is 5.92 Å². The number of amides is 2. The van der Waals surface area contributed by atoms with Crippen molar-refractivity contribution in [1.82, 2.24) is 0 Å². The van der Waals surface area contributed by atoms with E-state index in [0.717, 1.165) is 36.6 Å². The van der Waals surface area contributed by atoms with Gasteiger partial charge in [0.25, 0.3) is 0 Å². The number of hydrogen-bond acceptors (Lipinski definition) is 2. The lowest BCUT2D eigenvalue weighted by Gasteiger charge is -2.15.